The van der Waals surface area contributed by atoms with Gasteiger partial charge in [-0.1, -0.05) is 130 Å². The minimum absolute atomic E-state index is 0.0200. The van der Waals surface area contributed by atoms with Crippen molar-refractivity contribution in [1.29, 1.82) is 0 Å². The molecule has 4 aromatic rings. The average molecular weight is 683 g/mol. The number of phenolic OH excluding ortho intramolecular Hbond substituents is 1. The van der Waals surface area contributed by atoms with E-state index in [0.29, 0.717) is 24.2 Å². The second-order valence-corrected chi connectivity index (χ2v) is 13.6. The van der Waals surface area contributed by atoms with Gasteiger partial charge >= 0.3 is 6.16 Å². The van der Waals surface area contributed by atoms with Crippen LogP contribution in [0.3, 0.4) is 0 Å². The van der Waals surface area contributed by atoms with Gasteiger partial charge in [0.05, 0.1) is 14.2 Å². The van der Waals surface area contributed by atoms with E-state index in [4.69, 9.17) is 23.7 Å². The van der Waals surface area contributed by atoms with E-state index in [-0.39, 0.29) is 23.0 Å². The Hall–Kier alpha value is -4.49. The molecule has 0 bridgehead atoms. The largest absolute Gasteiger partial charge is 0.514 e. The number of methoxy groups -OCH3 is 2. The lowest BCUT2D eigenvalue weighted by molar-refractivity contribution is 0.0106. The summed E-state index contributed by atoms with van der Waals surface area (Å²) in [5, 5.41) is 10.8. The first kappa shape index (κ1) is 38.3. The van der Waals surface area contributed by atoms with Crippen molar-refractivity contribution in [2.45, 2.75) is 96.7 Å². The maximum atomic E-state index is 12.6. The molecule has 4 rings (SSSR count). The third kappa shape index (κ3) is 9.81. The van der Waals surface area contributed by atoms with E-state index in [1.807, 2.05) is 18.2 Å². The lowest BCUT2D eigenvalue weighted by Crippen LogP contribution is -2.33. The van der Waals surface area contributed by atoms with Crippen LogP contribution in [0.5, 0.6) is 23.0 Å². The van der Waals surface area contributed by atoms with Crippen molar-refractivity contribution in [3.8, 4) is 23.0 Å². The lowest BCUT2D eigenvalue weighted by Gasteiger charge is -2.36. The Balaban J connectivity index is 1.28. The van der Waals surface area contributed by atoms with Gasteiger partial charge in [-0.15, -0.1) is 0 Å². The van der Waals surface area contributed by atoms with Gasteiger partial charge in [0.25, 0.3) is 0 Å². The summed E-state index contributed by atoms with van der Waals surface area (Å²) >= 11 is 0. The lowest BCUT2D eigenvalue weighted by atomic mass is 9.80. The molecule has 0 aliphatic heterocycles. The molecule has 0 heterocycles. The number of benzene rings is 4. The van der Waals surface area contributed by atoms with Crippen molar-refractivity contribution in [3.63, 3.8) is 0 Å². The van der Waals surface area contributed by atoms with E-state index in [2.05, 4.69) is 72.8 Å². The zero-order valence-electron chi connectivity index (χ0n) is 30.6. The number of rotatable bonds is 18. The molecule has 7 nitrogen and oxygen atoms in total. The minimum atomic E-state index is -0.833. The van der Waals surface area contributed by atoms with Crippen LogP contribution in [-0.4, -0.2) is 37.7 Å². The molecule has 0 aromatic heterocycles. The predicted octanol–water partition coefficient (Wildman–Crippen LogP) is 10.7. The summed E-state index contributed by atoms with van der Waals surface area (Å²) < 4.78 is 28.9. The molecule has 0 saturated heterocycles. The molecular weight excluding hydrogens is 628 g/mol. The smallest absolute Gasteiger partial charge is 0.504 e. The van der Waals surface area contributed by atoms with E-state index in [0.717, 1.165) is 68.1 Å². The van der Waals surface area contributed by atoms with Crippen molar-refractivity contribution >= 4 is 6.16 Å². The highest BCUT2D eigenvalue weighted by Gasteiger charge is 2.37. The van der Waals surface area contributed by atoms with Crippen LogP contribution in [-0.2, 0) is 21.5 Å². The van der Waals surface area contributed by atoms with E-state index in [9.17, 15) is 9.90 Å². The first-order chi connectivity index (χ1) is 24.1. The number of ether oxygens (including phenoxy) is 5. The molecule has 0 radical (unpaired) electrons. The molecule has 7 heteroatoms. The molecule has 1 N–H and O–H groups in total. The Kier molecular flexibility index (Phi) is 14.2. The van der Waals surface area contributed by atoms with Gasteiger partial charge in [0.1, 0.15) is 11.2 Å². The van der Waals surface area contributed by atoms with Crippen LogP contribution in [0.15, 0.2) is 91.0 Å². The first-order valence-corrected chi connectivity index (χ1v) is 17.8. The van der Waals surface area contributed by atoms with E-state index < -0.39 is 17.4 Å². The molecule has 4 aromatic carbocycles. The van der Waals surface area contributed by atoms with Crippen LogP contribution in [0.1, 0.15) is 100.0 Å². The van der Waals surface area contributed by atoms with Gasteiger partial charge in [0.15, 0.2) is 11.5 Å². The normalized spacial score (nSPS) is 11.6. The number of phenols is 1. The SMILES string of the molecule is COc1c(O)c(C)c(CCCCCCCCCCOC(c2ccccc2)(c2ccccc2)c2ccccc2)c(OC(=O)OC(C)(C)C)c1OC. The summed E-state index contributed by atoms with van der Waals surface area (Å²) in [6.45, 7) is 7.78. The Morgan fingerprint density at radius 1 is 0.620 bits per heavy atom. The Morgan fingerprint density at radius 2 is 1.06 bits per heavy atom. The summed E-state index contributed by atoms with van der Waals surface area (Å²) in [6.07, 6.45) is 8.28. The Morgan fingerprint density at radius 3 is 1.50 bits per heavy atom. The summed E-state index contributed by atoms with van der Waals surface area (Å²) in [4.78, 5) is 12.6. The fourth-order valence-electron chi connectivity index (χ4n) is 6.43. The molecular formula is C43H54O7. The van der Waals surface area contributed by atoms with Crippen molar-refractivity contribution < 1.29 is 33.6 Å². The van der Waals surface area contributed by atoms with Crippen molar-refractivity contribution in [2.75, 3.05) is 20.8 Å². The van der Waals surface area contributed by atoms with Crippen LogP contribution in [0.25, 0.3) is 0 Å². The second kappa shape index (κ2) is 18.5. The summed E-state index contributed by atoms with van der Waals surface area (Å²) in [5.41, 5.74) is 3.29. The summed E-state index contributed by atoms with van der Waals surface area (Å²) in [6, 6.07) is 31.5. The number of hydrogen-bond acceptors (Lipinski definition) is 7. The standard InChI is InChI=1S/C43H54O7/c1-32-36(38(49-41(45)50-42(2,3)4)40(47-6)39(46-5)37(32)44)30-22-11-9-7-8-10-12-23-31-48-43(33-24-16-13-17-25-33,34-26-18-14-19-27-34)35-28-20-15-21-29-35/h13-21,24-29,44H,7-12,22-23,30-31H2,1-6H3. The van der Waals surface area contributed by atoms with Gasteiger partial charge in [0.2, 0.25) is 11.5 Å². The van der Waals surface area contributed by atoms with Gasteiger partial charge in [0, 0.05) is 17.7 Å². The quantitative estimate of drug-likeness (QED) is 0.0484. The molecule has 50 heavy (non-hydrogen) atoms. The number of unbranched alkanes of at least 4 members (excludes halogenated alkanes) is 7. The highest BCUT2D eigenvalue weighted by Crippen LogP contribution is 2.49. The third-order valence-corrected chi connectivity index (χ3v) is 8.87. The molecule has 0 aliphatic rings. The molecule has 0 spiro atoms. The van der Waals surface area contributed by atoms with Gasteiger partial charge in [-0.3, -0.25) is 0 Å². The molecule has 0 fully saturated rings. The fourth-order valence-corrected chi connectivity index (χ4v) is 6.43. The van der Waals surface area contributed by atoms with Gasteiger partial charge < -0.3 is 28.8 Å². The number of carbonyl (C=O) groups excluding carboxylic acids is 1. The Labute approximate surface area is 298 Å². The second-order valence-electron chi connectivity index (χ2n) is 13.6. The topological polar surface area (TPSA) is 83.5 Å². The van der Waals surface area contributed by atoms with Crippen LogP contribution < -0.4 is 14.2 Å². The zero-order valence-corrected chi connectivity index (χ0v) is 30.6. The maximum absolute atomic E-state index is 12.6. The van der Waals surface area contributed by atoms with Crippen LogP contribution in [0, 0.1) is 6.92 Å². The molecule has 0 aliphatic carbocycles. The summed E-state index contributed by atoms with van der Waals surface area (Å²) in [5.74, 6) is 0.512. The molecule has 0 amide bonds. The van der Waals surface area contributed by atoms with Crippen molar-refractivity contribution in [3.05, 3.63) is 119 Å². The minimum Gasteiger partial charge on any atom is -0.504 e. The monoisotopic (exact) mass is 682 g/mol. The maximum Gasteiger partial charge on any atom is 0.514 e. The third-order valence-electron chi connectivity index (χ3n) is 8.87. The molecule has 0 atom stereocenters. The van der Waals surface area contributed by atoms with Crippen LogP contribution in [0.2, 0.25) is 0 Å². The van der Waals surface area contributed by atoms with Crippen molar-refractivity contribution in [1.82, 2.24) is 0 Å². The molecule has 268 valence electrons. The average Bonchev–Trinajstić information content (AvgIpc) is 3.11. The van der Waals surface area contributed by atoms with E-state index >= 15 is 0 Å². The van der Waals surface area contributed by atoms with E-state index in [1.165, 1.54) is 14.2 Å². The summed E-state index contributed by atoms with van der Waals surface area (Å²) in [7, 11) is 2.89. The first-order valence-electron chi connectivity index (χ1n) is 17.8. The van der Waals surface area contributed by atoms with Crippen LogP contribution >= 0.6 is 0 Å². The molecule has 0 saturated carbocycles. The molecule has 0 unspecified atom stereocenters. The van der Waals surface area contributed by atoms with Gasteiger partial charge in [-0.2, -0.15) is 0 Å². The zero-order chi connectivity index (χ0) is 36.0. The van der Waals surface area contributed by atoms with Gasteiger partial charge in [-0.05, 0) is 63.6 Å². The highest BCUT2D eigenvalue weighted by molar-refractivity contribution is 5.72. The van der Waals surface area contributed by atoms with E-state index in [1.54, 1.807) is 27.7 Å². The number of aromatic hydroxyl groups is 1. The van der Waals surface area contributed by atoms with Gasteiger partial charge in [-0.25, -0.2) is 4.79 Å². The number of carbonyl (C=O) groups is 1. The number of hydrogen-bond donors (Lipinski definition) is 1. The Bertz CT molecular complexity index is 1520. The van der Waals surface area contributed by atoms with Crippen molar-refractivity contribution in [2.24, 2.45) is 0 Å². The van der Waals surface area contributed by atoms with Crippen LogP contribution in [0.4, 0.5) is 4.79 Å². The predicted molar refractivity (Wildman–Crippen MR) is 199 cm³/mol. The fraction of sp³-hybridized carbons (Fsp3) is 0.419. The highest BCUT2D eigenvalue weighted by atomic mass is 16.7.